The highest BCUT2D eigenvalue weighted by Gasteiger charge is 2.32. The summed E-state index contributed by atoms with van der Waals surface area (Å²) < 4.78 is 0. The molecule has 3 aromatic rings. The minimum atomic E-state index is -0.313. The van der Waals surface area contributed by atoms with E-state index in [2.05, 4.69) is 22.2 Å². The first-order valence-corrected chi connectivity index (χ1v) is 12.2. The Morgan fingerprint density at radius 2 is 1.60 bits per heavy atom. The molecule has 1 fully saturated rings. The number of anilines is 2. The lowest BCUT2D eigenvalue weighted by Gasteiger charge is -2.35. The molecule has 0 bridgehead atoms. The Morgan fingerprint density at radius 1 is 0.943 bits per heavy atom. The number of amides is 3. The van der Waals surface area contributed by atoms with Crippen LogP contribution in [0, 0.1) is 0 Å². The monoisotopic (exact) mass is 490 g/mol. The number of halogens is 1. The molecule has 0 atom stereocenters. The van der Waals surface area contributed by atoms with Crippen molar-refractivity contribution < 1.29 is 14.4 Å². The average molecular weight is 491 g/mol. The molecular weight excluding hydrogens is 464 g/mol. The molecule has 0 unspecified atom stereocenters. The lowest BCUT2D eigenvalue weighted by atomic mass is 9.94. The molecule has 0 saturated carbocycles. The predicted octanol–water partition coefficient (Wildman–Crippen LogP) is 4.26. The Hall–Kier alpha value is -3.42. The van der Waals surface area contributed by atoms with Crippen LogP contribution in [-0.4, -0.2) is 67.3 Å². The number of imide groups is 1. The lowest BCUT2D eigenvalue weighted by Crippen LogP contribution is -2.44. The molecule has 2 aliphatic heterocycles. The molecule has 2 aliphatic rings. The largest absolute Gasteiger partial charge is 0.367 e. The summed E-state index contributed by atoms with van der Waals surface area (Å²) in [7, 11) is 2.10. The molecule has 3 amide bonds. The number of benzene rings is 3. The number of carbonyl (C=O) groups excluding carboxylic acids is 3. The first-order chi connectivity index (χ1) is 16.9. The van der Waals surface area contributed by atoms with Gasteiger partial charge in [-0.15, -0.1) is 0 Å². The number of hydrogen-bond acceptors (Lipinski definition) is 5. The Labute approximate surface area is 209 Å². The summed E-state index contributed by atoms with van der Waals surface area (Å²) in [4.78, 5) is 44.6. The molecule has 1 N–H and O–H groups in total. The maximum absolute atomic E-state index is 13.0. The van der Waals surface area contributed by atoms with Crippen LogP contribution < -0.4 is 10.2 Å². The zero-order valence-electron chi connectivity index (χ0n) is 19.6. The Morgan fingerprint density at radius 3 is 2.26 bits per heavy atom. The highest BCUT2D eigenvalue weighted by atomic mass is 35.5. The second-order valence-corrected chi connectivity index (χ2v) is 9.51. The third kappa shape index (κ3) is 4.61. The smallest absolute Gasteiger partial charge is 0.261 e. The van der Waals surface area contributed by atoms with Gasteiger partial charge in [-0.3, -0.25) is 19.3 Å². The van der Waals surface area contributed by atoms with Crippen molar-refractivity contribution >= 4 is 51.5 Å². The van der Waals surface area contributed by atoms with Crippen LogP contribution in [0.15, 0.2) is 54.6 Å². The van der Waals surface area contributed by atoms with Gasteiger partial charge in [0.2, 0.25) is 5.91 Å². The van der Waals surface area contributed by atoms with Crippen LogP contribution in [0.4, 0.5) is 11.4 Å². The molecule has 35 heavy (non-hydrogen) atoms. The maximum Gasteiger partial charge on any atom is 0.261 e. The number of hydrogen-bond donors (Lipinski definition) is 1. The molecule has 180 valence electrons. The quantitative estimate of drug-likeness (QED) is 0.523. The Kier molecular flexibility index (Phi) is 6.45. The van der Waals surface area contributed by atoms with Crippen molar-refractivity contribution in [1.82, 2.24) is 9.80 Å². The first-order valence-electron chi connectivity index (χ1n) is 11.8. The van der Waals surface area contributed by atoms with Crippen LogP contribution >= 0.6 is 11.6 Å². The van der Waals surface area contributed by atoms with Crippen LogP contribution in [0.5, 0.6) is 0 Å². The van der Waals surface area contributed by atoms with E-state index in [4.69, 9.17) is 11.6 Å². The van der Waals surface area contributed by atoms with E-state index >= 15 is 0 Å². The molecule has 0 aromatic heterocycles. The predicted molar refractivity (Wildman–Crippen MR) is 138 cm³/mol. The number of rotatable bonds is 6. The minimum absolute atomic E-state index is 0.177. The van der Waals surface area contributed by atoms with Gasteiger partial charge in [-0.25, -0.2) is 0 Å². The lowest BCUT2D eigenvalue weighted by molar-refractivity contribution is -0.116. The summed E-state index contributed by atoms with van der Waals surface area (Å²) in [6.45, 7) is 3.81. The van der Waals surface area contributed by atoms with E-state index < -0.39 is 0 Å². The maximum atomic E-state index is 13.0. The second kappa shape index (κ2) is 9.68. The van der Waals surface area contributed by atoms with Gasteiger partial charge < -0.3 is 15.1 Å². The van der Waals surface area contributed by atoms with E-state index in [0.717, 1.165) is 37.3 Å². The number of likely N-dealkylation sites (N-methyl/N-ethyl adjacent to an activating group) is 1. The molecule has 0 radical (unpaired) electrons. The van der Waals surface area contributed by atoms with Gasteiger partial charge >= 0.3 is 0 Å². The molecule has 7 nitrogen and oxygen atoms in total. The van der Waals surface area contributed by atoms with Gasteiger partial charge in [-0.05, 0) is 49.2 Å². The zero-order valence-corrected chi connectivity index (χ0v) is 20.3. The fourth-order valence-electron chi connectivity index (χ4n) is 4.83. The summed E-state index contributed by atoms with van der Waals surface area (Å²) in [6.07, 6.45) is 0.545. The van der Waals surface area contributed by atoms with E-state index in [0.29, 0.717) is 33.6 Å². The van der Waals surface area contributed by atoms with Gasteiger partial charge in [-0.2, -0.15) is 0 Å². The highest BCUT2D eigenvalue weighted by molar-refractivity contribution is 6.31. The number of nitrogens with zero attached hydrogens (tertiary/aromatic N) is 3. The number of piperazine rings is 1. The van der Waals surface area contributed by atoms with Crippen LogP contribution in [0.25, 0.3) is 10.8 Å². The van der Waals surface area contributed by atoms with E-state index in [1.165, 1.54) is 4.90 Å². The SMILES string of the molecule is CN1CCN(c2ccc(Cl)cc2NC(=O)CCCN2C(=O)c3cccc4cccc(c34)C2=O)CC1. The molecule has 0 aliphatic carbocycles. The normalized spacial score (nSPS) is 16.2. The fraction of sp³-hybridized carbons (Fsp3) is 0.296. The van der Waals surface area contributed by atoms with Crippen LogP contribution in [0.1, 0.15) is 33.6 Å². The average Bonchev–Trinajstić information content (AvgIpc) is 2.85. The molecule has 0 spiro atoms. The molecule has 3 aromatic carbocycles. The molecular formula is C27H27ClN4O3. The topological polar surface area (TPSA) is 73.0 Å². The Balaban J connectivity index is 1.24. The first kappa shape index (κ1) is 23.3. The molecule has 2 heterocycles. The summed E-state index contributed by atoms with van der Waals surface area (Å²) in [5.74, 6) is -0.805. The molecule has 8 heteroatoms. The van der Waals surface area contributed by atoms with Crippen LogP contribution in [0.3, 0.4) is 0 Å². The van der Waals surface area contributed by atoms with Gasteiger partial charge in [0.15, 0.2) is 0 Å². The van der Waals surface area contributed by atoms with Crippen molar-refractivity contribution in [2.75, 3.05) is 50.0 Å². The summed E-state index contributed by atoms with van der Waals surface area (Å²) in [5, 5.41) is 5.11. The van der Waals surface area contributed by atoms with Gasteiger partial charge in [0.25, 0.3) is 11.8 Å². The van der Waals surface area contributed by atoms with Gasteiger partial charge in [0.1, 0.15) is 0 Å². The van der Waals surface area contributed by atoms with Crippen LogP contribution in [0.2, 0.25) is 5.02 Å². The third-order valence-electron chi connectivity index (χ3n) is 6.72. The summed E-state index contributed by atoms with van der Waals surface area (Å²) >= 11 is 6.22. The van der Waals surface area contributed by atoms with Crippen LogP contribution in [-0.2, 0) is 4.79 Å². The van der Waals surface area contributed by atoms with E-state index in [9.17, 15) is 14.4 Å². The Bertz CT molecular complexity index is 1270. The second-order valence-electron chi connectivity index (χ2n) is 9.07. The van der Waals surface area contributed by atoms with Crippen molar-refractivity contribution in [2.45, 2.75) is 12.8 Å². The van der Waals surface area contributed by atoms with E-state index in [1.54, 1.807) is 18.2 Å². The number of carbonyl (C=O) groups is 3. The van der Waals surface area contributed by atoms with Crippen molar-refractivity contribution in [1.29, 1.82) is 0 Å². The summed E-state index contributed by atoms with van der Waals surface area (Å²) in [6, 6.07) is 16.5. The zero-order chi connectivity index (χ0) is 24.5. The van der Waals surface area contributed by atoms with Crippen molar-refractivity contribution in [3.8, 4) is 0 Å². The highest BCUT2D eigenvalue weighted by Crippen LogP contribution is 2.31. The van der Waals surface area contributed by atoms with Crippen molar-refractivity contribution in [3.63, 3.8) is 0 Å². The fourth-order valence-corrected chi connectivity index (χ4v) is 5.00. The van der Waals surface area contributed by atoms with E-state index in [1.807, 2.05) is 36.4 Å². The van der Waals surface area contributed by atoms with Crippen molar-refractivity contribution in [2.24, 2.45) is 0 Å². The van der Waals surface area contributed by atoms with Gasteiger partial charge in [0.05, 0.1) is 11.4 Å². The van der Waals surface area contributed by atoms with Crippen molar-refractivity contribution in [3.05, 3.63) is 70.7 Å². The van der Waals surface area contributed by atoms with Gasteiger partial charge in [0, 0.05) is 60.7 Å². The number of nitrogens with one attached hydrogen (secondary N) is 1. The van der Waals surface area contributed by atoms with E-state index in [-0.39, 0.29) is 30.7 Å². The molecule has 5 rings (SSSR count). The van der Waals surface area contributed by atoms with Gasteiger partial charge in [-0.1, -0.05) is 35.9 Å². The standard InChI is InChI=1S/C27H27ClN4O3/c1-30-13-15-31(16-14-30)23-11-10-19(28)17-22(23)29-24(33)9-4-12-32-26(34)20-7-2-5-18-6-3-8-21(25(18)20)27(32)35/h2-3,5-8,10-11,17H,4,9,12-16H2,1H3,(H,29,33). The summed E-state index contributed by atoms with van der Waals surface area (Å²) in [5.41, 5.74) is 2.68. The third-order valence-corrected chi connectivity index (χ3v) is 6.95. The minimum Gasteiger partial charge on any atom is -0.367 e. The molecule has 1 saturated heterocycles.